The molecule has 10 amide bonds. The van der Waals surface area contributed by atoms with Gasteiger partial charge in [0, 0.05) is 45.7 Å². The third-order valence-corrected chi connectivity index (χ3v) is 13.8. The molecule has 2 aliphatic rings. The van der Waals surface area contributed by atoms with Gasteiger partial charge < -0.3 is 114 Å². The van der Waals surface area contributed by atoms with Crippen molar-refractivity contribution < 1.29 is 112 Å². The molecular weight excluding hydrogens is 1160 g/mol. The highest BCUT2D eigenvalue weighted by atomic mass is 16.6. The maximum Gasteiger partial charge on any atom is 0.308 e. The summed E-state index contributed by atoms with van der Waals surface area (Å²) < 4.78 is 22.5. The van der Waals surface area contributed by atoms with Crippen LogP contribution in [0.15, 0.2) is 18.2 Å². The number of unbranched alkanes of at least 4 members (excludes halogenated alkanes) is 1. The van der Waals surface area contributed by atoms with Crippen molar-refractivity contribution in [2.45, 2.75) is 184 Å². The van der Waals surface area contributed by atoms with Crippen LogP contribution in [0, 0.1) is 0 Å². The number of carboxylic acid groups (broad SMARTS) is 1. The Morgan fingerprint density at radius 2 is 1.22 bits per heavy atom. The van der Waals surface area contributed by atoms with Crippen molar-refractivity contribution in [1.29, 1.82) is 0 Å². The van der Waals surface area contributed by atoms with Crippen LogP contribution in [0.1, 0.15) is 85.6 Å². The molecule has 0 aliphatic carbocycles. The van der Waals surface area contributed by atoms with Crippen LogP contribution in [0.4, 0.5) is 0 Å². The number of primary amides is 1. The van der Waals surface area contributed by atoms with Crippen LogP contribution in [-0.4, -0.2) is 242 Å². The molecule has 35 nitrogen and oxygen atoms in total. The van der Waals surface area contributed by atoms with Gasteiger partial charge in [-0.15, -0.1) is 0 Å². The lowest BCUT2D eigenvalue weighted by Crippen LogP contribution is -2.75. The first kappa shape index (κ1) is 73.5. The molecule has 2 saturated heterocycles. The number of carboxylic acids is 1. The number of ether oxygens (including phenoxy) is 4. The van der Waals surface area contributed by atoms with E-state index in [1.165, 1.54) is 32.2 Å². The molecule has 488 valence electrons. The van der Waals surface area contributed by atoms with Crippen LogP contribution >= 0.6 is 0 Å². The number of hydrogen-bond acceptors (Lipinski definition) is 24. The van der Waals surface area contributed by atoms with Crippen molar-refractivity contribution in [3.8, 4) is 11.5 Å². The van der Waals surface area contributed by atoms with E-state index >= 15 is 4.79 Å². The van der Waals surface area contributed by atoms with Crippen LogP contribution in [0.3, 0.4) is 0 Å². The standard InChI is InChI=1S/C52H82N12O23/c1-22(45(54)78)55-47(80)30(10-8-9-15-53)59-49(82)33(19-65)61-46(79)23(2)64(18-28-11-12-29(84-7)16-34(28)85-27(6)71)52(83)32(60-48(81)31(56-24(3)68)13-14-38(73)74)17-37(72)62-50-40(57-25(4)69)43(76)39(35(20-66)86-50)63-51-41(58-26(5)70)44(77)42(75)36(21-67)87-51/h11-12,16,22-23,30-33,35-36,39-44,50-51,63,65-67,75-77H,8-10,13-15,17-21,53H2,1-7H3,(H2,54,78)(H,55,80)(H,56,68)(H,57,69)(H,58,70)(H,59,82)(H,60,81)(H,61,79)(H,62,72)(H,73,74)/t22-,23-,30-,31-,32-,33-,35+,36+,39+,40+,41+,42+,43-,44+,50+,51+/m0/s1. The zero-order valence-corrected chi connectivity index (χ0v) is 49.0. The zero-order valence-electron chi connectivity index (χ0n) is 49.0. The van der Waals surface area contributed by atoms with Gasteiger partial charge in [-0.2, -0.15) is 0 Å². The Morgan fingerprint density at radius 1 is 0.655 bits per heavy atom. The lowest BCUT2D eigenvalue weighted by atomic mass is 9.90. The normalized spacial score (nSPS) is 23.7. The van der Waals surface area contributed by atoms with E-state index in [2.05, 4.69) is 47.9 Å². The highest BCUT2D eigenvalue weighted by molar-refractivity contribution is 5.98. The number of benzene rings is 1. The van der Waals surface area contributed by atoms with E-state index in [9.17, 15) is 88.5 Å². The number of esters is 1. The molecule has 3 rings (SSSR count). The highest BCUT2D eigenvalue weighted by Gasteiger charge is 2.51. The molecule has 0 aromatic heterocycles. The van der Waals surface area contributed by atoms with Gasteiger partial charge in [0.15, 0.2) is 6.23 Å². The summed E-state index contributed by atoms with van der Waals surface area (Å²) in [5.74, 6) is -12.8. The van der Waals surface area contributed by atoms with E-state index in [1.54, 1.807) is 0 Å². The Balaban J connectivity index is 2.20. The van der Waals surface area contributed by atoms with Gasteiger partial charge in [-0.25, -0.2) is 0 Å². The minimum Gasteiger partial charge on any atom is -0.497 e. The van der Waals surface area contributed by atoms with E-state index in [-0.39, 0.29) is 36.4 Å². The lowest BCUT2D eigenvalue weighted by molar-refractivity contribution is -0.219. The fourth-order valence-electron chi connectivity index (χ4n) is 9.24. The number of nitrogens with two attached hydrogens (primary N) is 2. The van der Waals surface area contributed by atoms with Crippen LogP contribution in [-0.2, 0) is 73.6 Å². The molecule has 2 aliphatic heterocycles. The van der Waals surface area contributed by atoms with E-state index < -0.39 is 214 Å². The van der Waals surface area contributed by atoms with Gasteiger partial charge in [0.1, 0.15) is 84.4 Å². The largest absolute Gasteiger partial charge is 0.497 e. The van der Waals surface area contributed by atoms with Gasteiger partial charge in [0.2, 0.25) is 59.1 Å². The number of aliphatic carboxylic acids is 1. The molecule has 0 bridgehead atoms. The second-order valence-corrected chi connectivity index (χ2v) is 20.6. The summed E-state index contributed by atoms with van der Waals surface area (Å²) >= 11 is 0. The minimum atomic E-state index is -2.19. The third kappa shape index (κ3) is 22.2. The number of amides is 10. The van der Waals surface area contributed by atoms with Gasteiger partial charge in [-0.1, -0.05) is 0 Å². The third-order valence-electron chi connectivity index (χ3n) is 13.8. The zero-order chi connectivity index (χ0) is 65.6. The summed E-state index contributed by atoms with van der Waals surface area (Å²) in [6.45, 7) is 3.00. The molecule has 2 fully saturated rings. The Bertz CT molecular complexity index is 2600. The topological polar surface area (TPSA) is 547 Å². The molecule has 1 aromatic carbocycles. The molecule has 2 heterocycles. The fraction of sp³-hybridized carbons (Fsp3) is 0.654. The molecule has 0 unspecified atom stereocenters. The Labute approximate surface area is 499 Å². The Kier molecular flexibility index (Phi) is 29.7. The van der Waals surface area contributed by atoms with E-state index in [0.717, 1.165) is 39.5 Å². The van der Waals surface area contributed by atoms with E-state index in [0.29, 0.717) is 6.42 Å². The van der Waals surface area contributed by atoms with Crippen molar-refractivity contribution in [1.82, 2.24) is 52.8 Å². The summed E-state index contributed by atoms with van der Waals surface area (Å²) in [4.78, 5) is 160. The number of carbonyl (C=O) groups excluding carboxylic acids is 11. The van der Waals surface area contributed by atoms with E-state index in [1.807, 2.05) is 0 Å². The molecule has 0 saturated carbocycles. The average Bonchev–Trinajstić information content (AvgIpc) is 2.13. The van der Waals surface area contributed by atoms with Crippen molar-refractivity contribution >= 4 is 71.0 Å². The summed E-state index contributed by atoms with van der Waals surface area (Å²) in [5.41, 5.74) is 10.9. The first-order valence-electron chi connectivity index (χ1n) is 27.5. The Hall–Kier alpha value is -7.74. The molecule has 1 aromatic rings. The van der Waals surface area contributed by atoms with Gasteiger partial charge in [0.05, 0.1) is 58.1 Å². The highest BCUT2D eigenvalue weighted by Crippen LogP contribution is 2.29. The quantitative estimate of drug-likeness (QED) is 0.0177. The number of nitrogens with one attached hydrogen (secondary N) is 9. The molecule has 87 heavy (non-hydrogen) atoms. The van der Waals surface area contributed by atoms with Crippen molar-refractivity contribution in [3.63, 3.8) is 0 Å². The van der Waals surface area contributed by atoms with Crippen LogP contribution in [0.5, 0.6) is 11.5 Å². The summed E-state index contributed by atoms with van der Waals surface area (Å²) in [5, 5.41) is 95.6. The summed E-state index contributed by atoms with van der Waals surface area (Å²) in [6.07, 6.45) is -13.8. The number of aliphatic hydroxyl groups is 6. The van der Waals surface area contributed by atoms with Crippen molar-refractivity contribution in [3.05, 3.63) is 23.8 Å². The summed E-state index contributed by atoms with van der Waals surface area (Å²) in [6, 6.07) is -11.0. The SMILES string of the molecule is COc1ccc(CN(C(=O)[C@H](CC(=O)N[C@@H]2O[C@H](CO)[C@@H](N[C@@H]3O[C@H](CO)[C@@H](O)[C@H](O)[C@H]3NC(C)=O)[C@H](O)[C@H]2NC(C)=O)NC(=O)[C@H](CCC(=O)O)NC(C)=O)[C@@H](C)C(=O)N[C@@H](CO)C(=O)N[C@@H](CCCCN)C(=O)N[C@@H](C)C(N)=O)c(OC(C)=O)c1. The van der Waals surface area contributed by atoms with Gasteiger partial charge in [-0.05, 0) is 58.2 Å². The second kappa shape index (κ2) is 35.2. The second-order valence-electron chi connectivity index (χ2n) is 20.6. The van der Waals surface area contributed by atoms with Crippen LogP contribution < -0.4 is 68.8 Å². The van der Waals surface area contributed by atoms with Crippen molar-refractivity contribution in [2.24, 2.45) is 11.5 Å². The van der Waals surface area contributed by atoms with Crippen molar-refractivity contribution in [2.75, 3.05) is 33.5 Å². The number of nitrogens with zero attached hydrogens (tertiary/aromatic N) is 1. The molecule has 16 atom stereocenters. The van der Waals surface area contributed by atoms with Crippen LogP contribution in [0.25, 0.3) is 0 Å². The van der Waals surface area contributed by atoms with Gasteiger partial charge in [-0.3, -0.25) is 62.9 Å². The fourth-order valence-corrected chi connectivity index (χ4v) is 9.24. The number of aliphatic hydroxyl groups excluding tert-OH is 6. The maximum absolute atomic E-state index is 15.4. The molecule has 20 N–H and O–H groups in total. The molecular formula is C52H82N12O23. The lowest BCUT2D eigenvalue weighted by Gasteiger charge is -2.49. The van der Waals surface area contributed by atoms with E-state index in [4.69, 9.17) is 30.4 Å². The monoisotopic (exact) mass is 1240 g/mol. The Morgan fingerprint density at radius 3 is 1.76 bits per heavy atom. The first-order chi connectivity index (χ1) is 40.9. The first-order valence-corrected chi connectivity index (χ1v) is 27.5. The predicted molar refractivity (Wildman–Crippen MR) is 296 cm³/mol. The number of methoxy groups -OCH3 is 1. The van der Waals surface area contributed by atoms with Gasteiger partial charge in [0.25, 0.3) is 0 Å². The number of carbonyl (C=O) groups is 12. The van der Waals surface area contributed by atoms with Crippen LogP contribution in [0.2, 0.25) is 0 Å². The smallest absolute Gasteiger partial charge is 0.308 e. The van der Waals surface area contributed by atoms with Gasteiger partial charge >= 0.3 is 11.9 Å². The predicted octanol–water partition coefficient (Wildman–Crippen LogP) is -8.74. The molecule has 35 heteroatoms. The average molecular weight is 1240 g/mol. The summed E-state index contributed by atoms with van der Waals surface area (Å²) in [7, 11) is 1.28. The number of hydrogen-bond donors (Lipinski definition) is 18. The minimum absolute atomic E-state index is 0.0412. The molecule has 0 spiro atoms. The maximum atomic E-state index is 15.4. The number of rotatable bonds is 33. The molecule has 0 radical (unpaired) electrons.